The summed E-state index contributed by atoms with van der Waals surface area (Å²) in [6.45, 7) is 4.41. The Morgan fingerprint density at radius 3 is 2.48 bits per heavy atom. The normalized spacial score (nSPS) is 10.9. The number of nitriles is 1. The zero-order valence-electron chi connectivity index (χ0n) is 16.5. The van der Waals surface area contributed by atoms with Crippen molar-refractivity contribution < 1.29 is 9.53 Å². The van der Waals surface area contributed by atoms with Crippen molar-refractivity contribution in [2.24, 2.45) is 0 Å². The number of amides is 1. The molecule has 0 unspecified atom stereocenters. The molecule has 0 aromatic heterocycles. The molecule has 0 radical (unpaired) electrons. The second-order valence-corrected chi connectivity index (χ2v) is 6.81. The Labute approximate surface area is 171 Å². The standard InChI is InChI=1S/C25H22N2O2/c1-18-10-12-23(13-11-18)27-25(28)22(16-26)15-21-8-3-4-9-24(21)29-17-20-7-5-6-19(2)14-20/h3-15H,17H2,1-2H3,(H,27,28). The summed E-state index contributed by atoms with van der Waals surface area (Å²) in [5.41, 5.74) is 4.65. The van der Waals surface area contributed by atoms with E-state index in [2.05, 4.69) is 11.4 Å². The fourth-order valence-corrected chi connectivity index (χ4v) is 2.83. The van der Waals surface area contributed by atoms with E-state index in [1.165, 1.54) is 5.56 Å². The predicted octanol–water partition coefficient (Wildman–Crippen LogP) is 5.43. The van der Waals surface area contributed by atoms with Crippen molar-refractivity contribution in [3.8, 4) is 11.8 Å². The summed E-state index contributed by atoms with van der Waals surface area (Å²) in [4.78, 5) is 12.5. The molecule has 29 heavy (non-hydrogen) atoms. The van der Waals surface area contributed by atoms with E-state index in [1.54, 1.807) is 18.2 Å². The lowest BCUT2D eigenvalue weighted by Crippen LogP contribution is -2.13. The van der Waals surface area contributed by atoms with E-state index in [0.717, 1.165) is 11.1 Å². The van der Waals surface area contributed by atoms with Crippen molar-refractivity contribution in [1.82, 2.24) is 0 Å². The van der Waals surface area contributed by atoms with E-state index in [-0.39, 0.29) is 5.57 Å². The average molecular weight is 382 g/mol. The Balaban J connectivity index is 1.77. The second kappa shape index (κ2) is 9.38. The lowest BCUT2D eigenvalue weighted by Gasteiger charge is -2.10. The van der Waals surface area contributed by atoms with Crippen LogP contribution in [-0.4, -0.2) is 5.91 Å². The number of hydrogen-bond donors (Lipinski definition) is 1. The summed E-state index contributed by atoms with van der Waals surface area (Å²) in [5.74, 6) is 0.162. The van der Waals surface area contributed by atoms with Crippen molar-refractivity contribution in [2.75, 3.05) is 5.32 Å². The molecule has 0 fully saturated rings. The summed E-state index contributed by atoms with van der Waals surface area (Å²) in [7, 11) is 0. The lowest BCUT2D eigenvalue weighted by molar-refractivity contribution is -0.112. The van der Waals surface area contributed by atoms with Gasteiger partial charge in [-0.3, -0.25) is 4.79 Å². The van der Waals surface area contributed by atoms with Gasteiger partial charge in [0.25, 0.3) is 5.91 Å². The van der Waals surface area contributed by atoms with Gasteiger partial charge in [-0.25, -0.2) is 0 Å². The smallest absolute Gasteiger partial charge is 0.266 e. The van der Waals surface area contributed by atoms with Gasteiger partial charge in [0.05, 0.1) is 0 Å². The highest BCUT2D eigenvalue weighted by Gasteiger charge is 2.11. The van der Waals surface area contributed by atoms with Gasteiger partial charge >= 0.3 is 0 Å². The Bertz CT molecular complexity index is 1080. The number of carbonyl (C=O) groups is 1. The first kappa shape index (κ1) is 19.9. The predicted molar refractivity (Wildman–Crippen MR) is 115 cm³/mol. The van der Waals surface area contributed by atoms with Gasteiger partial charge in [0.15, 0.2) is 0 Å². The van der Waals surface area contributed by atoms with Crippen LogP contribution in [0.1, 0.15) is 22.3 Å². The Morgan fingerprint density at radius 1 is 1.00 bits per heavy atom. The molecule has 1 N–H and O–H groups in total. The molecule has 0 saturated heterocycles. The van der Waals surface area contributed by atoms with Gasteiger partial charge in [0.1, 0.15) is 24.0 Å². The topological polar surface area (TPSA) is 62.1 Å². The van der Waals surface area contributed by atoms with Crippen LogP contribution in [0.25, 0.3) is 6.08 Å². The summed E-state index contributed by atoms with van der Waals surface area (Å²) < 4.78 is 5.95. The van der Waals surface area contributed by atoms with Crippen LogP contribution in [0.2, 0.25) is 0 Å². The highest BCUT2D eigenvalue weighted by Crippen LogP contribution is 2.23. The zero-order chi connectivity index (χ0) is 20.6. The summed E-state index contributed by atoms with van der Waals surface area (Å²) in [6.07, 6.45) is 1.55. The Hall–Kier alpha value is -3.84. The molecule has 0 bridgehead atoms. The first-order valence-electron chi connectivity index (χ1n) is 9.32. The molecule has 3 rings (SSSR count). The molecule has 144 valence electrons. The van der Waals surface area contributed by atoms with E-state index in [1.807, 2.05) is 74.5 Å². The number of para-hydroxylation sites is 1. The third-order valence-electron chi connectivity index (χ3n) is 4.37. The van der Waals surface area contributed by atoms with Gasteiger partial charge in [-0.05, 0) is 43.7 Å². The number of benzene rings is 3. The average Bonchev–Trinajstić information content (AvgIpc) is 2.73. The van der Waals surface area contributed by atoms with Crippen LogP contribution in [-0.2, 0) is 11.4 Å². The highest BCUT2D eigenvalue weighted by atomic mass is 16.5. The van der Waals surface area contributed by atoms with Crippen LogP contribution < -0.4 is 10.1 Å². The van der Waals surface area contributed by atoms with Crippen LogP contribution in [0.4, 0.5) is 5.69 Å². The SMILES string of the molecule is Cc1ccc(NC(=O)C(C#N)=Cc2ccccc2OCc2cccc(C)c2)cc1. The van der Waals surface area contributed by atoms with Crippen LogP contribution in [0.3, 0.4) is 0 Å². The zero-order valence-corrected chi connectivity index (χ0v) is 16.5. The Kier molecular flexibility index (Phi) is 6.44. The molecule has 0 aliphatic rings. The molecule has 0 aliphatic heterocycles. The number of nitrogens with one attached hydrogen (secondary N) is 1. The monoisotopic (exact) mass is 382 g/mol. The first-order chi connectivity index (χ1) is 14.0. The van der Waals surface area contributed by atoms with Crippen LogP contribution in [0, 0.1) is 25.2 Å². The van der Waals surface area contributed by atoms with E-state index in [4.69, 9.17) is 4.74 Å². The largest absolute Gasteiger partial charge is 0.488 e. The fraction of sp³-hybridized carbons (Fsp3) is 0.120. The number of anilines is 1. The molecule has 4 nitrogen and oxygen atoms in total. The molecule has 0 aliphatic carbocycles. The van der Waals surface area contributed by atoms with Crippen LogP contribution >= 0.6 is 0 Å². The molecule has 0 spiro atoms. The van der Waals surface area contributed by atoms with Crippen molar-refractivity contribution in [2.45, 2.75) is 20.5 Å². The maximum Gasteiger partial charge on any atom is 0.266 e. The van der Waals surface area contributed by atoms with E-state index >= 15 is 0 Å². The van der Waals surface area contributed by atoms with E-state index in [9.17, 15) is 10.1 Å². The highest BCUT2D eigenvalue weighted by molar-refractivity contribution is 6.09. The number of carbonyl (C=O) groups excluding carboxylic acids is 1. The van der Waals surface area contributed by atoms with Gasteiger partial charge in [-0.15, -0.1) is 0 Å². The third kappa shape index (κ3) is 5.57. The van der Waals surface area contributed by atoms with Gasteiger partial charge in [-0.2, -0.15) is 5.26 Å². The molecule has 3 aromatic rings. The maximum atomic E-state index is 12.5. The lowest BCUT2D eigenvalue weighted by atomic mass is 10.1. The van der Waals surface area contributed by atoms with E-state index in [0.29, 0.717) is 23.6 Å². The molecule has 0 heterocycles. The van der Waals surface area contributed by atoms with Gasteiger partial charge in [0, 0.05) is 11.3 Å². The summed E-state index contributed by atoms with van der Waals surface area (Å²) in [6, 6.07) is 24.8. The number of aryl methyl sites for hydroxylation is 2. The van der Waals surface area contributed by atoms with Crippen molar-refractivity contribution in [1.29, 1.82) is 5.26 Å². The fourth-order valence-electron chi connectivity index (χ4n) is 2.83. The first-order valence-corrected chi connectivity index (χ1v) is 9.32. The molecule has 4 heteroatoms. The second-order valence-electron chi connectivity index (χ2n) is 6.81. The Morgan fingerprint density at radius 2 is 1.76 bits per heavy atom. The molecular formula is C25H22N2O2. The van der Waals surface area contributed by atoms with Crippen molar-refractivity contribution >= 4 is 17.7 Å². The van der Waals surface area contributed by atoms with Crippen molar-refractivity contribution in [3.63, 3.8) is 0 Å². The molecule has 1 amide bonds. The number of nitrogens with zero attached hydrogens (tertiary/aromatic N) is 1. The van der Waals surface area contributed by atoms with Crippen LogP contribution in [0.5, 0.6) is 5.75 Å². The van der Waals surface area contributed by atoms with Crippen molar-refractivity contribution in [3.05, 3.63) is 101 Å². The minimum atomic E-state index is -0.454. The summed E-state index contributed by atoms with van der Waals surface area (Å²) in [5, 5.41) is 12.2. The minimum Gasteiger partial charge on any atom is -0.488 e. The third-order valence-corrected chi connectivity index (χ3v) is 4.37. The quantitative estimate of drug-likeness (QED) is 0.457. The number of hydrogen-bond acceptors (Lipinski definition) is 3. The molecule has 0 atom stereocenters. The van der Waals surface area contributed by atoms with Gasteiger partial charge in [0.2, 0.25) is 0 Å². The van der Waals surface area contributed by atoms with Crippen LogP contribution in [0.15, 0.2) is 78.4 Å². The molecule has 3 aromatic carbocycles. The maximum absolute atomic E-state index is 12.5. The van der Waals surface area contributed by atoms with Gasteiger partial charge in [-0.1, -0.05) is 65.7 Å². The minimum absolute atomic E-state index is 0.0113. The number of ether oxygens (including phenoxy) is 1. The summed E-state index contributed by atoms with van der Waals surface area (Å²) >= 11 is 0. The molecule has 0 saturated carbocycles. The van der Waals surface area contributed by atoms with E-state index < -0.39 is 5.91 Å². The number of rotatable bonds is 6. The molecular weight excluding hydrogens is 360 g/mol. The van der Waals surface area contributed by atoms with Gasteiger partial charge < -0.3 is 10.1 Å².